The number of hydrogen-bond acceptors (Lipinski definition) is 6. The second-order valence-corrected chi connectivity index (χ2v) is 18.8. The number of likely N-dealkylation sites (N-methyl/N-ethyl adjacent to an activating group) is 1. The van der Waals surface area contributed by atoms with Gasteiger partial charge in [-0.2, -0.15) is 0 Å². The van der Waals surface area contributed by atoms with Gasteiger partial charge in [-0.1, -0.05) is 209 Å². The average molecular weight is 899 g/mol. The van der Waals surface area contributed by atoms with Gasteiger partial charge in [0.25, 0.3) is 0 Å². The van der Waals surface area contributed by atoms with Gasteiger partial charge in [0.1, 0.15) is 6.61 Å². The highest BCUT2D eigenvalue weighted by Gasteiger charge is 2.31. The first-order chi connectivity index (χ1) is 31.1. The molecule has 0 aliphatic rings. The number of hydrogen-bond donors (Lipinski definition) is 1. The van der Waals surface area contributed by atoms with E-state index in [9.17, 15) is 19.5 Å². The van der Waals surface area contributed by atoms with Crippen molar-refractivity contribution in [1.29, 1.82) is 0 Å². The zero-order valence-corrected chi connectivity index (χ0v) is 42.2. The number of carbonyl (C=O) groups excluding carboxylic acids is 2. The molecule has 2 atom stereocenters. The standard InChI is InChI=1S/C56H99NO7/c1-6-8-10-12-14-16-18-20-22-24-26-27-29-30-32-34-36-38-40-42-44-46-54(58)63-51-52(50-62-49-48-53(56(60)61)57(3,4)5)64-55(59)47-45-43-41-39-37-35-33-31-28-25-23-21-19-17-15-13-11-9-7-2/h9,11,15,17,21,23,28,31,35,37,52-53H,6-8,10,12-14,16,18-20,22,24-27,29-30,32-34,36,38-51H2,1-5H3/p+1/b11-9-,17-15-,23-21-,31-28-,37-35-. The summed E-state index contributed by atoms with van der Waals surface area (Å²) in [6, 6.07) is -0.623. The van der Waals surface area contributed by atoms with E-state index in [1.54, 1.807) is 0 Å². The summed E-state index contributed by atoms with van der Waals surface area (Å²) < 4.78 is 17.3. The van der Waals surface area contributed by atoms with Crippen LogP contribution in [0.2, 0.25) is 0 Å². The molecule has 0 amide bonds. The molecule has 2 unspecified atom stereocenters. The summed E-state index contributed by atoms with van der Waals surface area (Å²) in [5, 5.41) is 9.66. The predicted molar refractivity (Wildman–Crippen MR) is 271 cm³/mol. The first-order valence-electron chi connectivity index (χ1n) is 26.3. The highest BCUT2D eigenvalue weighted by molar-refractivity contribution is 5.72. The van der Waals surface area contributed by atoms with E-state index in [2.05, 4.69) is 74.6 Å². The van der Waals surface area contributed by atoms with Crippen molar-refractivity contribution < 1.29 is 38.2 Å². The molecule has 0 heterocycles. The van der Waals surface area contributed by atoms with Crippen molar-refractivity contribution in [3.05, 3.63) is 60.8 Å². The van der Waals surface area contributed by atoms with E-state index in [0.29, 0.717) is 12.8 Å². The van der Waals surface area contributed by atoms with E-state index in [0.717, 1.165) is 77.0 Å². The van der Waals surface area contributed by atoms with Crippen molar-refractivity contribution in [3.8, 4) is 0 Å². The molecule has 0 saturated carbocycles. The van der Waals surface area contributed by atoms with Crippen molar-refractivity contribution in [2.45, 2.75) is 238 Å². The van der Waals surface area contributed by atoms with Crippen LogP contribution in [0.25, 0.3) is 0 Å². The summed E-state index contributed by atoms with van der Waals surface area (Å²) in [7, 11) is 5.52. The molecule has 0 aromatic heterocycles. The van der Waals surface area contributed by atoms with Crippen molar-refractivity contribution in [3.63, 3.8) is 0 Å². The van der Waals surface area contributed by atoms with Gasteiger partial charge in [0.2, 0.25) is 0 Å². The molecule has 0 spiro atoms. The molecule has 0 fully saturated rings. The number of ether oxygens (including phenoxy) is 3. The Kier molecular flexibility index (Phi) is 44.4. The lowest BCUT2D eigenvalue weighted by Crippen LogP contribution is -2.50. The molecular formula is C56H100NO7+. The van der Waals surface area contributed by atoms with Crippen LogP contribution in [0.3, 0.4) is 0 Å². The number of carbonyl (C=O) groups is 3. The van der Waals surface area contributed by atoms with Crippen LogP contribution in [0.4, 0.5) is 0 Å². The van der Waals surface area contributed by atoms with Gasteiger partial charge in [0.15, 0.2) is 12.1 Å². The number of quaternary nitrogens is 1. The topological polar surface area (TPSA) is 99.1 Å². The number of allylic oxidation sites excluding steroid dienone is 10. The molecule has 0 aromatic carbocycles. The number of rotatable bonds is 47. The minimum absolute atomic E-state index is 0.0476. The number of carboxylic acids is 1. The third kappa shape index (κ3) is 44.2. The van der Waals surface area contributed by atoms with E-state index in [4.69, 9.17) is 14.2 Å². The number of unbranched alkanes of at least 4 members (excludes halogenated alkanes) is 23. The van der Waals surface area contributed by atoms with E-state index < -0.39 is 18.1 Å². The molecule has 8 heteroatoms. The van der Waals surface area contributed by atoms with Crippen LogP contribution in [-0.2, 0) is 28.6 Å². The maximum Gasteiger partial charge on any atom is 0.362 e. The minimum atomic E-state index is -0.880. The molecule has 0 aliphatic heterocycles. The molecule has 1 N–H and O–H groups in total. The zero-order chi connectivity index (χ0) is 47.0. The van der Waals surface area contributed by atoms with Gasteiger partial charge >= 0.3 is 17.9 Å². The first kappa shape index (κ1) is 61.0. The maximum atomic E-state index is 12.8. The fourth-order valence-corrected chi connectivity index (χ4v) is 7.65. The molecule has 0 bridgehead atoms. The van der Waals surface area contributed by atoms with Crippen molar-refractivity contribution in [2.75, 3.05) is 41.0 Å². The first-order valence-corrected chi connectivity index (χ1v) is 26.3. The van der Waals surface area contributed by atoms with Gasteiger partial charge in [0.05, 0.1) is 34.4 Å². The number of carboxylic acid groups (broad SMARTS) is 1. The van der Waals surface area contributed by atoms with Crippen LogP contribution in [0.5, 0.6) is 0 Å². The zero-order valence-electron chi connectivity index (χ0n) is 42.2. The van der Waals surface area contributed by atoms with Gasteiger partial charge in [-0.05, 0) is 57.8 Å². The fraction of sp³-hybridized carbons (Fsp3) is 0.768. The Morgan fingerprint density at radius 2 is 0.875 bits per heavy atom. The molecule has 0 radical (unpaired) electrons. The van der Waals surface area contributed by atoms with Gasteiger partial charge in [-0.15, -0.1) is 0 Å². The molecule has 0 aromatic rings. The molecule has 0 saturated heterocycles. The molecule has 8 nitrogen and oxygen atoms in total. The molecule has 0 rings (SSSR count). The normalized spacial score (nSPS) is 13.3. The Morgan fingerprint density at radius 1 is 0.484 bits per heavy atom. The highest BCUT2D eigenvalue weighted by Crippen LogP contribution is 2.16. The molecular weight excluding hydrogens is 799 g/mol. The lowest BCUT2D eigenvalue weighted by Gasteiger charge is -2.31. The summed E-state index contributed by atoms with van der Waals surface area (Å²) in [6.07, 6.45) is 58.5. The molecule has 370 valence electrons. The average Bonchev–Trinajstić information content (AvgIpc) is 3.26. The predicted octanol–water partition coefficient (Wildman–Crippen LogP) is 15.3. The Labute approximate surface area is 394 Å². The Morgan fingerprint density at radius 3 is 1.30 bits per heavy atom. The lowest BCUT2D eigenvalue weighted by atomic mass is 10.0. The van der Waals surface area contributed by atoms with Gasteiger partial charge in [-0.25, -0.2) is 4.79 Å². The Bertz CT molecular complexity index is 1230. The van der Waals surface area contributed by atoms with Crippen LogP contribution < -0.4 is 0 Å². The lowest BCUT2D eigenvalue weighted by molar-refractivity contribution is -0.887. The number of nitrogens with zero attached hydrogens (tertiary/aromatic N) is 1. The Balaban J connectivity index is 4.27. The summed E-state index contributed by atoms with van der Waals surface area (Å²) in [6.45, 7) is 4.61. The van der Waals surface area contributed by atoms with Crippen molar-refractivity contribution >= 4 is 17.9 Å². The minimum Gasteiger partial charge on any atom is -0.477 e. The van der Waals surface area contributed by atoms with Crippen LogP contribution >= 0.6 is 0 Å². The summed E-state index contributed by atoms with van der Waals surface area (Å²) >= 11 is 0. The van der Waals surface area contributed by atoms with E-state index in [1.807, 2.05) is 21.1 Å². The second-order valence-electron chi connectivity index (χ2n) is 18.8. The van der Waals surface area contributed by atoms with Crippen molar-refractivity contribution in [2.24, 2.45) is 0 Å². The molecule has 64 heavy (non-hydrogen) atoms. The van der Waals surface area contributed by atoms with Gasteiger partial charge in [0, 0.05) is 19.3 Å². The van der Waals surface area contributed by atoms with E-state index in [-0.39, 0.29) is 42.7 Å². The largest absolute Gasteiger partial charge is 0.477 e. The summed E-state index contributed by atoms with van der Waals surface area (Å²) in [5.41, 5.74) is 0. The second kappa shape index (κ2) is 46.6. The number of esters is 2. The Hall–Kier alpha value is -2.97. The molecule has 0 aliphatic carbocycles. The van der Waals surface area contributed by atoms with E-state index in [1.165, 1.54) is 116 Å². The third-order valence-electron chi connectivity index (χ3n) is 11.7. The van der Waals surface area contributed by atoms with Crippen LogP contribution in [0, 0.1) is 0 Å². The van der Waals surface area contributed by atoms with Crippen LogP contribution in [0.15, 0.2) is 60.8 Å². The quantitative estimate of drug-likeness (QED) is 0.0281. The summed E-state index contributed by atoms with van der Waals surface area (Å²) in [5.74, 6) is -1.50. The van der Waals surface area contributed by atoms with Crippen LogP contribution in [-0.4, -0.2) is 80.6 Å². The van der Waals surface area contributed by atoms with Crippen LogP contribution in [0.1, 0.15) is 226 Å². The third-order valence-corrected chi connectivity index (χ3v) is 11.7. The van der Waals surface area contributed by atoms with Crippen molar-refractivity contribution in [1.82, 2.24) is 0 Å². The smallest absolute Gasteiger partial charge is 0.362 e. The van der Waals surface area contributed by atoms with E-state index >= 15 is 0 Å². The number of aliphatic carboxylic acids is 1. The maximum absolute atomic E-state index is 12.8. The van der Waals surface area contributed by atoms with Gasteiger partial charge < -0.3 is 23.8 Å². The highest BCUT2D eigenvalue weighted by atomic mass is 16.6. The monoisotopic (exact) mass is 899 g/mol. The summed E-state index contributed by atoms with van der Waals surface area (Å²) in [4.78, 5) is 37.2. The SMILES string of the molecule is CC/C=C\C/C=C\C/C=C\C/C=C\C/C=C\CCCCCC(=O)OC(COCCC(C(=O)O)[N+](C)(C)C)COC(=O)CCCCCCCCCCCCCCCCCCCCCCC. The van der Waals surface area contributed by atoms with Gasteiger partial charge in [-0.3, -0.25) is 9.59 Å². The fourth-order valence-electron chi connectivity index (χ4n) is 7.65.